The monoisotopic (exact) mass is 345 g/mol. The van der Waals surface area contributed by atoms with Crippen LogP contribution in [0.5, 0.6) is 0 Å². The van der Waals surface area contributed by atoms with Gasteiger partial charge in [0.1, 0.15) is 9.90 Å². The summed E-state index contributed by atoms with van der Waals surface area (Å²) in [4.78, 5) is 5.33. The molecule has 0 aliphatic carbocycles. The Morgan fingerprint density at radius 3 is 2.67 bits per heavy atom. The van der Waals surface area contributed by atoms with Gasteiger partial charge in [0.05, 0.1) is 6.54 Å². The first-order valence-corrected chi connectivity index (χ1v) is 9.83. The Balaban J connectivity index is 2.16. The van der Waals surface area contributed by atoms with E-state index in [1.54, 1.807) is 6.20 Å². The fraction of sp³-hybridized carbons (Fsp3) is 0.462. The quantitative estimate of drug-likeness (QED) is 0.809. The Hall–Kier alpha value is -0.800. The van der Waals surface area contributed by atoms with Crippen LogP contribution in [0.1, 0.15) is 29.3 Å². The Kier molecular flexibility index (Phi) is 5.50. The smallest absolute Gasteiger partial charge is 0.242 e. The molecule has 0 aliphatic heterocycles. The standard InChI is InChI=1S/C13H19N3O2S3/c1-9(2)15-6-11-13(10(3)8-20-11)21(17,18)16-7-12-14-4-5-19-12/h4-5,8-9,15-16H,6-7H2,1-3H3. The van der Waals surface area contributed by atoms with Crippen molar-refractivity contribution >= 4 is 32.7 Å². The number of aryl methyl sites for hydroxylation is 1. The van der Waals surface area contributed by atoms with Crippen molar-refractivity contribution in [2.75, 3.05) is 0 Å². The molecule has 21 heavy (non-hydrogen) atoms. The summed E-state index contributed by atoms with van der Waals surface area (Å²) in [7, 11) is -3.52. The third-order valence-electron chi connectivity index (χ3n) is 2.83. The van der Waals surface area contributed by atoms with Crippen molar-refractivity contribution in [3.8, 4) is 0 Å². The van der Waals surface area contributed by atoms with Crippen molar-refractivity contribution in [1.29, 1.82) is 0 Å². The zero-order chi connectivity index (χ0) is 15.5. The lowest BCUT2D eigenvalue weighted by Gasteiger charge is -2.10. The second-order valence-corrected chi connectivity index (χ2v) is 8.60. The van der Waals surface area contributed by atoms with Crippen molar-refractivity contribution in [2.24, 2.45) is 0 Å². The fourth-order valence-corrected chi connectivity index (χ4v) is 5.23. The average Bonchev–Trinajstić information content (AvgIpc) is 3.03. The SMILES string of the molecule is Cc1csc(CNC(C)C)c1S(=O)(=O)NCc1nccs1. The highest BCUT2D eigenvalue weighted by Gasteiger charge is 2.23. The van der Waals surface area contributed by atoms with Gasteiger partial charge in [0, 0.05) is 29.0 Å². The molecule has 0 aliphatic rings. The summed E-state index contributed by atoms with van der Waals surface area (Å²) in [5, 5.41) is 7.74. The molecule has 0 unspecified atom stereocenters. The van der Waals surface area contributed by atoms with Crippen LogP contribution in [0.15, 0.2) is 21.9 Å². The van der Waals surface area contributed by atoms with Crippen LogP contribution in [0, 0.1) is 6.92 Å². The minimum Gasteiger partial charge on any atom is -0.310 e. The van der Waals surface area contributed by atoms with Gasteiger partial charge in [-0.05, 0) is 17.9 Å². The van der Waals surface area contributed by atoms with Crippen LogP contribution in [0.25, 0.3) is 0 Å². The number of sulfonamides is 1. The van der Waals surface area contributed by atoms with Crippen molar-refractivity contribution in [3.63, 3.8) is 0 Å². The molecule has 5 nitrogen and oxygen atoms in total. The van der Waals surface area contributed by atoms with Gasteiger partial charge in [-0.2, -0.15) is 0 Å². The first-order chi connectivity index (χ1) is 9.90. The van der Waals surface area contributed by atoms with Gasteiger partial charge < -0.3 is 5.32 Å². The average molecular weight is 346 g/mol. The molecule has 0 radical (unpaired) electrons. The number of hydrogen-bond acceptors (Lipinski definition) is 6. The minimum atomic E-state index is -3.52. The van der Waals surface area contributed by atoms with E-state index in [1.807, 2.05) is 31.5 Å². The van der Waals surface area contributed by atoms with E-state index in [1.165, 1.54) is 22.7 Å². The molecule has 0 bridgehead atoms. The van der Waals surface area contributed by atoms with Crippen LogP contribution in [-0.4, -0.2) is 19.4 Å². The van der Waals surface area contributed by atoms with Crippen molar-refractivity contribution in [3.05, 3.63) is 32.4 Å². The number of nitrogens with zero attached hydrogens (tertiary/aromatic N) is 1. The fourth-order valence-electron chi connectivity index (χ4n) is 1.84. The lowest BCUT2D eigenvalue weighted by atomic mass is 10.3. The van der Waals surface area contributed by atoms with Gasteiger partial charge in [-0.1, -0.05) is 13.8 Å². The molecule has 2 N–H and O–H groups in total. The van der Waals surface area contributed by atoms with E-state index in [-0.39, 0.29) is 6.54 Å². The number of nitrogens with one attached hydrogen (secondary N) is 2. The minimum absolute atomic E-state index is 0.229. The van der Waals surface area contributed by atoms with Gasteiger partial charge in [-0.15, -0.1) is 22.7 Å². The van der Waals surface area contributed by atoms with Gasteiger partial charge >= 0.3 is 0 Å². The molecule has 0 atom stereocenters. The number of aromatic nitrogens is 1. The topological polar surface area (TPSA) is 71.1 Å². The predicted octanol–water partition coefficient (Wildman–Crippen LogP) is 2.49. The largest absolute Gasteiger partial charge is 0.310 e. The summed E-state index contributed by atoms with van der Waals surface area (Å²) in [5.74, 6) is 0. The summed E-state index contributed by atoms with van der Waals surface area (Å²) in [6.45, 7) is 6.69. The lowest BCUT2D eigenvalue weighted by Crippen LogP contribution is -2.26. The van der Waals surface area contributed by atoms with Crippen LogP contribution in [0.3, 0.4) is 0 Å². The molecule has 8 heteroatoms. The van der Waals surface area contributed by atoms with Gasteiger partial charge in [-0.25, -0.2) is 18.1 Å². The predicted molar refractivity (Wildman–Crippen MR) is 87.2 cm³/mol. The first-order valence-electron chi connectivity index (χ1n) is 6.58. The van der Waals surface area contributed by atoms with Crippen LogP contribution in [-0.2, 0) is 23.1 Å². The van der Waals surface area contributed by atoms with Crippen LogP contribution >= 0.6 is 22.7 Å². The van der Waals surface area contributed by atoms with Crippen LogP contribution < -0.4 is 10.0 Å². The van der Waals surface area contributed by atoms with E-state index >= 15 is 0 Å². The molecule has 0 saturated heterocycles. The summed E-state index contributed by atoms with van der Waals surface area (Å²) in [6, 6.07) is 0.311. The normalized spacial score (nSPS) is 12.2. The van der Waals surface area contributed by atoms with E-state index in [4.69, 9.17) is 0 Å². The van der Waals surface area contributed by atoms with Crippen molar-refractivity contribution < 1.29 is 8.42 Å². The highest BCUT2D eigenvalue weighted by atomic mass is 32.2. The number of thiazole rings is 1. The third-order valence-corrected chi connectivity index (χ3v) is 6.47. The molecule has 0 saturated carbocycles. The zero-order valence-electron chi connectivity index (χ0n) is 12.2. The van der Waals surface area contributed by atoms with E-state index in [0.717, 1.165) is 15.4 Å². The maximum absolute atomic E-state index is 12.5. The Labute approximate surface area is 133 Å². The third kappa shape index (κ3) is 4.33. The molecule has 2 aromatic heterocycles. The van der Waals surface area contributed by atoms with Gasteiger partial charge in [0.25, 0.3) is 0 Å². The molecule has 2 rings (SSSR count). The number of rotatable bonds is 7. The maximum atomic E-state index is 12.5. The highest BCUT2D eigenvalue weighted by molar-refractivity contribution is 7.89. The van der Waals surface area contributed by atoms with Crippen molar-refractivity contribution in [1.82, 2.24) is 15.0 Å². The molecule has 116 valence electrons. The van der Waals surface area contributed by atoms with Crippen molar-refractivity contribution in [2.45, 2.75) is 44.8 Å². The highest BCUT2D eigenvalue weighted by Crippen LogP contribution is 2.27. The Morgan fingerprint density at radius 2 is 2.05 bits per heavy atom. The van der Waals surface area contributed by atoms with Crippen LogP contribution in [0.4, 0.5) is 0 Å². The van der Waals surface area contributed by atoms with Gasteiger partial charge in [-0.3, -0.25) is 0 Å². The summed E-state index contributed by atoms with van der Waals surface area (Å²) >= 11 is 2.91. The Bertz CT molecular complexity index is 676. The van der Waals surface area contributed by atoms with E-state index in [0.29, 0.717) is 17.5 Å². The summed E-state index contributed by atoms with van der Waals surface area (Å²) < 4.78 is 27.7. The lowest BCUT2D eigenvalue weighted by molar-refractivity contribution is 0.570. The Morgan fingerprint density at radius 1 is 1.29 bits per heavy atom. The number of thiophene rings is 1. The second-order valence-electron chi connectivity index (χ2n) is 4.96. The number of hydrogen-bond donors (Lipinski definition) is 2. The molecule has 0 aromatic carbocycles. The van der Waals surface area contributed by atoms with E-state index in [9.17, 15) is 8.42 Å². The second kappa shape index (κ2) is 6.97. The van der Waals surface area contributed by atoms with Gasteiger partial charge in [0.2, 0.25) is 10.0 Å². The first kappa shape index (κ1) is 16.6. The molecule has 2 heterocycles. The van der Waals surface area contributed by atoms with Crippen LogP contribution in [0.2, 0.25) is 0 Å². The summed E-state index contributed by atoms with van der Waals surface area (Å²) in [6.07, 6.45) is 1.67. The van der Waals surface area contributed by atoms with Gasteiger partial charge in [0.15, 0.2) is 0 Å². The molecule has 0 fully saturated rings. The molecule has 0 amide bonds. The maximum Gasteiger partial charge on any atom is 0.242 e. The molecule has 0 spiro atoms. The van der Waals surface area contributed by atoms with E-state index < -0.39 is 10.0 Å². The molecular formula is C13H19N3O2S3. The molecule has 2 aromatic rings. The zero-order valence-corrected chi connectivity index (χ0v) is 14.7. The molecular weight excluding hydrogens is 326 g/mol. The summed E-state index contributed by atoms with van der Waals surface area (Å²) in [5.41, 5.74) is 0.784. The van der Waals surface area contributed by atoms with E-state index in [2.05, 4.69) is 15.0 Å².